The van der Waals surface area contributed by atoms with Crippen LogP contribution in [0.2, 0.25) is 0 Å². The number of aromatic nitrogens is 1. The van der Waals surface area contributed by atoms with Crippen LogP contribution < -0.4 is 4.90 Å². The second-order valence-electron chi connectivity index (χ2n) is 10.4. The number of piperazine rings is 1. The average Bonchev–Trinajstić information content (AvgIpc) is 2.86. The number of hydrogen-bond donors (Lipinski definition) is 0. The fraction of sp³-hybridized carbons (Fsp3) is 0.731. The summed E-state index contributed by atoms with van der Waals surface area (Å²) in [6, 6.07) is 6.94. The molecule has 7 nitrogen and oxygen atoms in total. The summed E-state index contributed by atoms with van der Waals surface area (Å²) in [6.45, 7) is 8.32. The van der Waals surface area contributed by atoms with Gasteiger partial charge >= 0.3 is 0 Å². The molecule has 0 aliphatic carbocycles. The van der Waals surface area contributed by atoms with Gasteiger partial charge in [-0.2, -0.15) is 0 Å². The molecule has 1 aromatic heterocycles. The molecule has 180 valence electrons. The van der Waals surface area contributed by atoms with Crippen LogP contribution in [0.1, 0.15) is 51.9 Å². The quantitative estimate of drug-likeness (QED) is 0.686. The van der Waals surface area contributed by atoms with Gasteiger partial charge < -0.3 is 14.7 Å². The Morgan fingerprint density at radius 2 is 1.82 bits per heavy atom. The van der Waals surface area contributed by atoms with Crippen molar-refractivity contribution in [2.24, 2.45) is 11.8 Å². The van der Waals surface area contributed by atoms with Crippen molar-refractivity contribution in [3.05, 3.63) is 24.4 Å². The zero-order chi connectivity index (χ0) is 22.8. The van der Waals surface area contributed by atoms with Crippen LogP contribution in [0.25, 0.3) is 0 Å². The number of pyridine rings is 1. The van der Waals surface area contributed by atoms with Gasteiger partial charge in [0.15, 0.2) is 0 Å². The normalized spacial score (nSPS) is 30.2. The summed E-state index contributed by atoms with van der Waals surface area (Å²) in [7, 11) is 0. The summed E-state index contributed by atoms with van der Waals surface area (Å²) in [4.78, 5) is 39.1. The molecular weight excluding hydrogens is 414 g/mol. The molecule has 5 heterocycles. The molecular formula is C26H39N5O2. The first kappa shape index (κ1) is 22.6. The summed E-state index contributed by atoms with van der Waals surface area (Å²) < 4.78 is 0. The molecule has 4 atom stereocenters. The average molecular weight is 454 g/mol. The smallest absolute Gasteiger partial charge is 0.222 e. The monoisotopic (exact) mass is 453 g/mol. The minimum Gasteiger partial charge on any atom is -0.353 e. The molecule has 0 bridgehead atoms. The van der Waals surface area contributed by atoms with E-state index in [1.165, 1.54) is 38.8 Å². The van der Waals surface area contributed by atoms with Gasteiger partial charge in [-0.05, 0) is 75.6 Å². The van der Waals surface area contributed by atoms with Gasteiger partial charge in [0.05, 0.1) is 0 Å². The third kappa shape index (κ3) is 4.75. The first-order valence-electron chi connectivity index (χ1n) is 13.1. The van der Waals surface area contributed by atoms with Gasteiger partial charge in [-0.15, -0.1) is 0 Å². The van der Waals surface area contributed by atoms with Crippen molar-refractivity contribution in [2.75, 3.05) is 50.7 Å². The summed E-state index contributed by atoms with van der Waals surface area (Å²) in [5.41, 5.74) is 0. The molecule has 4 aliphatic heterocycles. The lowest BCUT2D eigenvalue weighted by molar-refractivity contribution is -0.144. The van der Waals surface area contributed by atoms with Crippen molar-refractivity contribution in [3.63, 3.8) is 0 Å². The van der Waals surface area contributed by atoms with Crippen molar-refractivity contribution in [1.82, 2.24) is 19.7 Å². The number of rotatable bonds is 5. The Balaban J connectivity index is 1.15. The van der Waals surface area contributed by atoms with Gasteiger partial charge in [-0.3, -0.25) is 14.5 Å². The lowest BCUT2D eigenvalue weighted by atomic mass is 9.69. The van der Waals surface area contributed by atoms with Crippen LogP contribution in [0, 0.1) is 11.8 Å². The molecule has 2 amide bonds. The van der Waals surface area contributed by atoms with Gasteiger partial charge in [0, 0.05) is 64.3 Å². The number of nitrogens with zero attached hydrogens (tertiary/aromatic N) is 5. The first-order chi connectivity index (χ1) is 16.1. The molecule has 0 spiro atoms. The summed E-state index contributed by atoms with van der Waals surface area (Å²) in [5, 5.41) is 0. The molecule has 5 rings (SSSR count). The van der Waals surface area contributed by atoms with Crippen LogP contribution in [0.5, 0.6) is 0 Å². The lowest BCUT2D eigenvalue weighted by Crippen LogP contribution is -2.65. The Hall–Kier alpha value is -2.15. The van der Waals surface area contributed by atoms with Crippen molar-refractivity contribution in [1.29, 1.82) is 0 Å². The minimum absolute atomic E-state index is 0.220. The number of likely N-dealkylation sites (tertiary alicyclic amines) is 1. The lowest BCUT2D eigenvalue weighted by Gasteiger charge is -2.57. The number of hydrogen-bond acceptors (Lipinski definition) is 5. The molecule has 0 aromatic carbocycles. The van der Waals surface area contributed by atoms with Crippen LogP contribution in [0.15, 0.2) is 24.4 Å². The molecule has 1 aromatic rings. The largest absolute Gasteiger partial charge is 0.353 e. The molecule has 4 fully saturated rings. The van der Waals surface area contributed by atoms with E-state index < -0.39 is 0 Å². The highest BCUT2D eigenvalue weighted by Gasteiger charge is 2.48. The van der Waals surface area contributed by atoms with Crippen LogP contribution in [-0.2, 0) is 9.59 Å². The van der Waals surface area contributed by atoms with E-state index in [1.54, 1.807) is 6.92 Å². The molecule has 0 N–H and O–H groups in total. The van der Waals surface area contributed by atoms with E-state index in [0.717, 1.165) is 51.4 Å². The molecule has 0 radical (unpaired) electrons. The number of piperidine rings is 3. The highest BCUT2D eigenvalue weighted by molar-refractivity contribution is 5.76. The predicted molar refractivity (Wildman–Crippen MR) is 129 cm³/mol. The van der Waals surface area contributed by atoms with Gasteiger partial charge in [-0.25, -0.2) is 4.98 Å². The van der Waals surface area contributed by atoms with Crippen molar-refractivity contribution < 1.29 is 9.59 Å². The SMILES string of the molecule is CC(=O)N1C[C@@H]2CCCN3CCC[C@@H]([C@H]23)[C@H]1CCCC(=O)N1CCN(c2ccccn2)CC1. The maximum atomic E-state index is 12.9. The summed E-state index contributed by atoms with van der Waals surface area (Å²) in [5.74, 6) is 2.70. The van der Waals surface area contributed by atoms with Gasteiger partial charge in [0.25, 0.3) is 0 Å². The van der Waals surface area contributed by atoms with Crippen molar-refractivity contribution in [3.8, 4) is 0 Å². The van der Waals surface area contributed by atoms with E-state index >= 15 is 0 Å². The van der Waals surface area contributed by atoms with Crippen LogP contribution >= 0.6 is 0 Å². The van der Waals surface area contributed by atoms with E-state index in [4.69, 9.17) is 0 Å². The Morgan fingerprint density at radius 1 is 1.03 bits per heavy atom. The van der Waals surface area contributed by atoms with E-state index in [1.807, 2.05) is 29.3 Å². The number of amides is 2. The molecule has 0 saturated carbocycles. The first-order valence-corrected chi connectivity index (χ1v) is 13.1. The van der Waals surface area contributed by atoms with Gasteiger partial charge in [0.1, 0.15) is 5.82 Å². The Kier molecular flexibility index (Phi) is 6.86. The van der Waals surface area contributed by atoms with Crippen LogP contribution in [-0.4, -0.2) is 89.4 Å². The molecule has 33 heavy (non-hydrogen) atoms. The van der Waals surface area contributed by atoms with E-state index in [9.17, 15) is 9.59 Å². The van der Waals surface area contributed by atoms with E-state index in [0.29, 0.717) is 30.3 Å². The summed E-state index contributed by atoms with van der Waals surface area (Å²) >= 11 is 0. The van der Waals surface area contributed by atoms with Crippen molar-refractivity contribution >= 4 is 17.6 Å². The van der Waals surface area contributed by atoms with Crippen LogP contribution in [0.4, 0.5) is 5.82 Å². The Morgan fingerprint density at radius 3 is 2.55 bits per heavy atom. The summed E-state index contributed by atoms with van der Waals surface area (Å²) in [6.07, 6.45) is 9.26. The fourth-order valence-corrected chi connectivity index (χ4v) is 7.07. The third-order valence-electron chi connectivity index (χ3n) is 8.57. The maximum Gasteiger partial charge on any atom is 0.222 e. The van der Waals surface area contributed by atoms with Gasteiger partial charge in [-0.1, -0.05) is 6.07 Å². The highest BCUT2D eigenvalue weighted by atomic mass is 16.2. The molecule has 4 aliphatic rings. The number of carbonyl (C=O) groups excluding carboxylic acids is 2. The topological polar surface area (TPSA) is 60.0 Å². The third-order valence-corrected chi connectivity index (χ3v) is 8.57. The Bertz CT molecular complexity index is 823. The zero-order valence-electron chi connectivity index (χ0n) is 20.1. The van der Waals surface area contributed by atoms with E-state index in [-0.39, 0.29) is 11.8 Å². The van der Waals surface area contributed by atoms with Crippen molar-refractivity contribution in [2.45, 2.75) is 64.0 Å². The fourth-order valence-electron chi connectivity index (χ4n) is 7.07. The van der Waals surface area contributed by atoms with Crippen LogP contribution in [0.3, 0.4) is 0 Å². The number of carbonyl (C=O) groups is 2. The Labute approximate surface area is 198 Å². The molecule has 0 unspecified atom stereocenters. The zero-order valence-corrected chi connectivity index (χ0v) is 20.1. The maximum absolute atomic E-state index is 12.9. The second kappa shape index (κ2) is 10.00. The predicted octanol–water partition coefficient (Wildman–Crippen LogP) is 2.62. The number of anilines is 1. The molecule has 7 heteroatoms. The van der Waals surface area contributed by atoms with Gasteiger partial charge in [0.2, 0.25) is 11.8 Å². The molecule has 4 saturated heterocycles. The standard InChI is InChI=1S/C26H39N5O2/c1-20(32)31-19-21-7-5-13-30-14-6-8-22(26(21)30)23(31)9-4-11-25(33)29-17-15-28(16-18-29)24-10-2-3-12-27-24/h2-3,10,12,21-23,26H,4-9,11,13-19H2,1H3/t21-,22+,23+,26-/m0/s1. The minimum atomic E-state index is 0.220. The van der Waals surface area contributed by atoms with E-state index in [2.05, 4.69) is 19.7 Å². The highest BCUT2D eigenvalue weighted by Crippen LogP contribution is 2.43. The second-order valence-corrected chi connectivity index (χ2v) is 10.4.